The number of ether oxygens (including phenoxy) is 1. The lowest BCUT2D eigenvalue weighted by atomic mass is 10.2. The summed E-state index contributed by atoms with van der Waals surface area (Å²) in [6, 6.07) is 0.367. The lowest BCUT2D eigenvalue weighted by Crippen LogP contribution is -2.42. The number of rotatable bonds is 10. The van der Waals surface area contributed by atoms with Gasteiger partial charge < -0.3 is 15.8 Å². The van der Waals surface area contributed by atoms with Crippen molar-refractivity contribution in [3.63, 3.8) is 0 Å². The number of hydrogen-bond acceptors (Lipinski definition) is 4. The van der Waals surface area contributed by atoms with Gasteiger partial charge in [0.1, 0.15) is 0 Å². The Kier molecular flexibility index (Phi) is 10.1. The zero-order valence-electron chi connectivity index (χ0n) is 11.4. The Labute approximate surface area is 105 Å². The molecule has 0 aliphatic heterocycles. The Morgan fingerprint density at radius 3 is 2.65 bits per heavy atom. The maximum Gasteiger partial charge on any atom is 0.234 e. The number of nitrogens with zero attached hydrogens (tertiary/aromatic N) is 1. The molecule has 0 fully saturated rings. The first-order valence-electron chi connectivity index (χ1n) is 6.31. The molecular formula is C12H27N3O2. The van der Waals surface area contributed by atoms with Crippen LogP contribution >= 0.6 is 0 Å². The third-order valence-corrected chi connectivity index (χ3v) is 2.57. The van der Waals surface area contributed by atoms with E-state index in [1.807, 2.05) is 0 Å². The molecule has 0 radical (unpaired) electrons. The van der Waals surface area contributed by atoms with Crippen LogP contribution < -0.4 is 11.1 Å². The molecule has 0 aliphatic carbocycles. The third-order valence-electron chi connectivity index (χ3n) is 2.57. The van der Waals surface area contributed by atoms with E-state index in [0.717, 1.165) is 19.4 Å². The number of hydrogen-bond donors (Lipinski definition) is 2. The van der Waals surface area contributed by atoms with Gasteiger partial charge in [-0.3, -0.25) is 9.69 Å². The molecule has 0 saturated carbocycles. The molecule has 17 heavy (non-hydrogen) atoms. The van der Waals surface area contributed by atoms with E-state index in [0.29, 0.717) is 32.3 Å². The predicted octanol–water partition coefficient (Wildman–Crippen LogP) is 0.198. The van der Waals surface area contributed by atoms with Crippen molar-refractivity contribution in [1.29, 1.82) is 0 Å². The van der Waals surface area contributed by atoms with E-state index in [-0.39, 0.29) is 5.91 Å². The number of methoxy groups -OCH3 is 1. The van der Waals surface area contributed by atoms with Gasteiger partial charge in [0.25, 0.3) is 0 Å². The second-order valence-electron chi connectivity index (χ2n) is 4.40. The largest absolute Gasteiger partial charge is 0.385 e. The van der Waals surface area contributed by atoms with Crippen LogP contribution in [0.1, 0.15) is 26.7 Å². The summed E-state index contributed by atoms with van der Waals surface area (Å²) >= 11 is 0. The summed E-state index contributed by atoms with van der Waals surface area (Å²) in [4.78, 5) is 13.8. The number of carbonyl (C=O) groups excluding carboxylic acids is 1. The van der Waals surface area contributed by atoms with Crippen LogP contribution in [0.2, 0.25) is 0 Å². The van der Waals surface area contributed by atoms with Crippen LogP contribution in [0, 0.1) is 0 Å². The van der Waals surface area contributed by atoms with E-state index in [1.54, 1.807) is 7.11 Å². The van der Waals surface area contributed by atoms with Crippen molar-refractivity contribution in [2.24, 2.45) is 5.73 Å². The second kappa shape index (κ2) is 10.5. The minimum absolute atomic E-state index is 0.0758. The van der Waals surface area contributed by atoms with Gasteiger partial charge in [0.05, 0.1) is 6.54 Å². The van der Waals surface area contributed by atoms with Gasteiger partial charge in [0.15, 0.2) is 0 Å². The van der Waals surface area contributed by atoms with E-state index in [2.05, 4.69) is 24.1 Å². The van der Waals surface area contributed by atoms with Crippen LogP contribution in [-0.2, 0) is 9.53 Å². The summed E-state index contributed by atoms with van der Waals surface area (Å²) in [5.74, 6) is 0.0758. The molecule has 0 rings (SSSR count). The number of carbonyl (C=O) groups is 1. The normalized spacial score (nSPS) is 11.2. The van der Waals surface area contributed by atoms with E-state index in [9.17, 15) is 4.79 Å². The van der Waals surface area contributed by atoms with Gasteiger partial charge in [0, 0.05) is 32.8 Å². The highest BCUT2D eigenvalue weighted by atomic mass is 16.5. The van der Waals surface area contributed by atoms with Crippen molar-refractivity contribution in [1.82, 2.24) is 10.2 Å². The third kappa shape index (κ3) is 9.09. The Hall–Kier alpha value is -0.650. The van der Waals surface area contributed by atoms with Crippen molar-refractivity contribution in [2.45, 2.75) is 32.7 Å². The van der Waals surface area contributed by atoms with Gasteiger partial charge in [-0.05, 0) is 33.2 Å². The molecule has 1 amide bonds. The number of nitrogens with one attached hydrogen (secondary N) is 1. The summed E-state index contributed by atoms with van der Waals surface area (Å²) in [7, 11) is 1.66. The first-order chi connectivity index (χ1) is 8.11. The Morgan fingerprint density at radius 2 is 2.12 bits per heavy atom. The van der Waals surface area contributed by atoms with E-state index < -0.39 is 0 Å². The second-order valence-corrected chi connectivity index (χ2v) is 4.40. The molecule has 0 heterocycles. The predicted molar refractivity (Wildman–Crippen MR) is 69.9 cm³/mol. The average molecular weight is 245 g/mol. The van der Waals surface area contributed by atoms with Gasteiger partial charge in [-0.25, -0.2) is 0 Å². The first kappa shape index (κ1) is 16.4. The Bertz CT molecular complexity index is 198. The standard InChI is InChI=1S/C12H27N3O2/c1-11(2)15(8-4-6-13)10-12(16)14-7-5-9-17-3/h11H,4-10,13H2,1-3H3,(H,14,16). The van der Waals surface area contributed by atoms with Crippen LogP contribution in [0.25, 0.3) is 0 Å². The molecule has 0 aliphatic rings. The van der Waals surface area contributed by atoms with Crippen molar-refractivity contribution in [3.8, 4) is 0 Å². The van der Waals surface area contributed by atoms with E-state index in [1.165, 1.54) is 0 Å². The average Bonchev–Trinajstić information content (AvgIpc) is 2.29. The SMILES string of the molecule is COCCCNC(=O)CN(CCCN)C(C)C. The summed E-state index contributed by atoms with van der Waals surface area (Å²) in [6.07, 6.45) is 1.78. The Balaban J connectivity index is 3.79. The summed E-state index contributed by atoms with van der Waals surface area (Å²) in [5, 5.41) is 2.89. The highest BCUT2D eigenvalue weighted by Gasteiger charge is 2.12. The molecule has 5 heteroatoms. The molecule has 0 aromatic heterocycles. The van der Waals surface area contributed by atoms with Crippen LogP contribution in [0.15, 0.2) is 0 Å². The fourth-order valence-electron chi connectivity index (χ4n) is 1.50. The molecule has 0 aromatic rings. The highest BCUT2D eigenvalue weighted by Crippen LogP contribution is 1.98. The molecule has 0 spiro atoms. The van der Waals surface area contributed by atoms with Gasteiger partial charge >= 0.3 is 0 Å². The molecule has 0 atom stereocenters. The van der Waals surface area contributed by atoms with Crippen molar-refractivity contribution >= 4 is 5.91 Å². The van der Waals surface area contributed by atoms with E-state index in [4.69, 9.17) is 10.5 Å². The van der Waals surface area contributed by atoms with Gasteiger partial charge in [-0.2, -0.15) is 0 Å². The van der Waals surface area contributed by atoms with Crippen molar-refractivity contribution < 1.29 is 9.53 Å². The highest BCUT2D eigenvalue weighted by molar-refractivity contribution is 5.77. The summed E-state index contributed by atoms with van der Waals surface area (Å²) in [6.45, 7) is 7.53. The quantitative estimate of drug-likeness (QED) is 0.540. The van der Waals surface area contributed by atoms with E-state index >= 15 is 0 Å². The zero-order valence-corrected chi connectivity index (χ0v) is 11.4. The molecule has 0 saturated heterocycles. The topological polar surface area (TPSA) is 67.6 Å². The zero-order chi connectivity index (χ0) is 13.1. The lowest BCUT2D eigenvalue weighted by molar-refractivity contribution is -0.122. The monoisotopic (exact) mass is 245 g/mol. The van der Waals surface area contributed by atoms with Gasteiger partial charge in [-0.15, -0.1) is 0 Å². The fraction of sp³-hybridized carbons (Fsp3) is 0.917. The Morgan fingerprint density at radius 1 is 1.41 bits per heavy atom. The molecule has 5 nitrogen and oxygen atoms in total. The molecule has 0 bridgehead atoms. The molecule has 0 aromatic carbocycles. The number of amides is 1. The number of nitrogens with two attached hydrogens (primary N) is 1. The summed E-state index contributed by atoms with van der Waals surface area (Å²) in [5.41, 5.74) is 5.48. The molecule has 0 unspecified atom stereocenters. The molecule has 3 N–H and O–H groups in total. The molecule has 102 valence electrons. The van der Waals surface area contributed by atoms with Crippen molar-refractivity contribution in [3.05, 3.63) is 0 Å². The van der Waals surface area contributed by atoms with Crippen LogP contribution in [0.4, 0.5) is 0 Å². The minimum atomic E-state index is 0.0758. The van der Waals surface area contributed by atoms with Crippen LogP contribution in [-0.4, -0.2) is 56.7 Å². The van der Waals surface area contributed by atoms with Crippen LogP contribution in [0.3, 0.4) is 0 Å². The minimum Gasteiger partial charge on any atom is -0.385 e. The summed E-state index contributed by atoms with van der Waals surface area (Å²) < 4.78 is 4.92. The maximum absolute atomic E-state index is 11.7. The first-order valence-corrected chi connectivity index (χ1v) is 6.31. The van der Waals surface area contributed by atoms with Gasteiger partial charge in [-0.1, -0.05) is 0 Å². The molecular weight excluding hydrogens is 218 g/mol. The van der Waals surface area contributed by atoms with Gasteiger partial charge in [0.2, 0.25) is 5.91 Å². The fourth-order valence-corrected chi connectivity index (χ4v) is 1.50. The van der Waals surface area contributed by atoms with Crippen molar-refractivity contribution in [2.75, 3.05) is 39.9 Å². The lowest BCUT2D eigenvalue weighted by Gasteiger charge is -2.25. The maximum atomic E-state index is 11.7. The van der Waals surface area contributed by atoms with Crippen LogP contribution in [0.5, 0.6) is 0 Å². The smallest absolute Gasteiger partial charge is 0.234 e.